The van der Waals surface area contributed by atoms with Crippen LogP contribution in [0.25, 0.3) is 0 Å². The van der Waals surface area contributed by atoms with Crippen LogP contribution in [0.5, 0.6) is 11.5 Å². The molecule has 0 radical (unpaired) electrons. The Bertz CT molecular complexity index is 461. The van der Waals surface area contributed by atoms with E-state index in [1.165, 1.54) is 7.11 Å². The molecule has 0 aliphatic carbocycles. The van der Waals surface area contributed by atoms with Gasteiger partial charge in [0.05, 0.1) is 25.9 Å². The molecule has 0 N–H and O–H groups in total. The van der Waals surface area contributed by atoms with E-state index in [1.54, 1.807) is 18.2 Å². The van der Waals surface area contributed by atoms with E-state index < -0.39 is 5.97 Å². The number of fused-ring (bicyclic) bond motifs is 1. The molecule has 21 heavy (non-hydrogen) atoms. The number of benzene rings is 1. The molecule has 0 fully saturated rings. The Morgan fingerprint density at radius 2 is 1.62 bits per heavy atom. The average molecular weight is 298 g/mol. The quantitative estimate of drug-likeness (QED) is 0.721. The standard InChI is InChI=1S/C14H18O7/c1-16-14(15)11-2-3-12-13(8-11)21-7-5-18-10-19-9-17-4-6-20-12/h2-3,8H,4-7,9-10H2,1H3. The lowest BCUT2D eigenvalue weighted by Crippen LogP contribution is -2.11. The number of carbonyl (C=O) groups is 1. The van der Waals surface area contributed by atoms with Gasteiger partial charge in [-0.2, -0.15) is 0 Å². The Kier molecular flexibility index (Phi) is 6.26. The first-order valence-corrected chi connectivity index (χ1v) is 6.52. The van der Waals surface area contributed by atoms with Gasteiger partial charge in [0.25, 0.3) is 0 Å². The SMILES string of the molecule is COC(=O)c1ccc2c(c1)OCCOCOCOCCO2. The molecular weight excluding hydrogens is 280 g/mol. The van der Waals surface area contributed by atoms with Crippen LogP contribution in [0.15, 0.2) is 18.2 Å². The van der Waals surface area contributed by atoms with Crippen molar-refractivity contribution in [3.63, 3.8) is 0 Å². The normalized spacial score (nSPS) is 17.0. The molecule has 1 aromatic carbocycles. The fraction of sp³-hybridized carbons (Fsp3) is 0.500. The summed E-state index contributed by atoms with van der Waals surface area (Å²) in [5.74, 6) is 0.561. The highest BCUT2D eigenvalue weighted by atomic mass is 16.7. The summed E-state index contributed by atoms with van der Waals surface area (Å²) in [4.78, 5) is 11.5. The number of esters is 1. The monoisotopic (exact) mass is 298 g/mol. The summed E-state index contributed by atoms with van der Waals surface area (Å²) in [6.45, 7) is 1.67. The second kappa shape index (κ2) is 8.46. The number of hydrogen-bond acceptors (Lipinski definition) is 7. The van der Waals surface area contributed by atoms with Gasteiger partial charge < -0.3 is 28.4 Å². The molecule has 1 aliphatic rings. The average Bonchev–Trinajstić information content (AvgIpc) is 2.54. The molecule has 0 amide bonds. The lowest BCUT2D eigenvalue weighted by molar-refractivity contribution is -0.134. The van der Waals surface area contributed by atoms with Crippen molar-refractivity contribution in [1.29, 1.82) is 0 Å². The van der Waals surface area contributed by atoms with Gasteiger partial charge >= 0.3 is 5.97 Å². The third-order valence-electron chi connectivity index (χ3n) is 2.67. The fourth-order valence-electron chi connectivity index (χ4n) is 1.68. The van der Waals surface area contributed by atoms with E-state index in [0.717, 1.165) is 0 Å². The first-order valence-electron chi connectivity index (χ1n) is 6.52. The molecule has 7 heteroatoms. The van der Waals surface area contributed by atoms with Crippen molar-refractivity contribution in [3.05, 3.63) is 23.8 Å². The molecule has 116 valence electrons. The predicted molar refractivity (Wildman–Crippen MR) is 71.5 cm³/mol. The molecule has 0 saturated carbocycles. The maximum atomic E-state index is 11.5. The summed E-state index contributed by atoms with van der Waals surface area (Å²) in [5.41, 5.74) is 0.393. The Morgan fingerprint density at radius 1 is 0.952 bits per heavy atom. The fourth-order valence-corrected chi connectivity index (χ4v) is 1.68. The third-order valence-corrected chi connectivity index (χ3v) is 2.67. The van der Waals surface area contributed by atoms with Gasteiger partial charge in [0, 0.05) is 0 Å². The first kappa shape index (κ1) is 15.6. The van der Waals surface area contributed by atoms with E-state index in [0.29, 0.717) is 43.5 Å². The summed E-state index contributed by atoms with van der Waals surface area (Å²) in [6, 6.07) is 4.86. The number of rotatable bonds is 1. The van der Waals surface area contributed by atoms with E-state index in [9.17, 15) is 4.79 Å². The van der Waals surface area contributed by atoms with Crippen LogP contribution < -0.4 is 9.47 Å². The van der Waals surface area contributed by atoms with Crippen LogP contribution in [-0.4, -0.2) is 53.1 Å². The lowest BCUT2D eigenvalue weighted by Gasteiger charge is -2.13. The highest BCUT2D eigenvalue weighted by Crippen LogP contribution is 2.28. The highest BCUT2D eigenvalue weighted by molar-refractivity contribution is 5.90. The van der Waals surface area contributed by atoms with E-state index in [1.807, 2.05) is 0 Å². The van der Waals surface area contributed by atoms with Crippen molar-refractivity contribution in [2.75, 3.05) is 47.1 Å². The van der Waals surface area contributed by atoms with Gasteiger partial charge in [-0.25, -0.2) is 4.79 Å². The molecule has 0 spiro atoms. The van der Waals surface area contributed by atoms with E-state index in [2.05, 4.69) is 4.74 Å². The molecule has 0 bridgehead atoms. The van der Waals surface area contributed by atoms with Crippen LogP contribution in [0.3, 0.4) is 0 Å². The lowest BCUT2D eigenvalue weighted by atomic mass is 10.2. The minimum atomic E-state index is -0.433. The van der Waals surface area contributed by atoms with Crippen molar-refractivity contribution in [2.45, 2.75) is 0 Å². The molecule has 0 aromatic heterocycles. The van der Waals surface area contributed by atoms with Crippen LogP contribution in [0.2, 0.25) is 0 Å². The zero-order valence-corrected chi connectivity index (χ0v) is 11.8. The second-order valence-corrected chi connectivity index (χ2v) is 4.11. The van der Waals surface area contributed by atoms with Gasteiger partial charge in [-0.3, -0.25) is 0 Å². The number of ether oxygens (including phenoxy) is 6. The van der Waals surface area contributed by atoms with Crippen molar-refractivity contribution >= 4 is 5.97 Å². The van der Waals surface area contributed by atoms with E-state index in [4.69, 9.17) is 23.7 Å². The minimum absolute atomic E-state index is 0.138. The van der Waals surface area contributed by atoms with Crippen LogP contribution in [0, 0.1) is 0 Å². The first-order chi connectivity index (χ1) is 10.3. The Morgan fingerprint density at radius 3 is 2.29 bits per heavy atom. The summed E-state index contributed by atoms with van der Waals surface area (Å²) >= 11 is 0. The van der Waals surface area contributed by atoms with Gasteiger partial charge in [0.1, 0.15) is 26.8 Å². The highest BCUT2D eigenvalue weighted by Gasteiger charge is 2.12. The maximum Gasteiger partial charge on any atom is 0.337 e. The van der Waals surface area contributed by atoms with Crippen LogP contribution in [0.1, 0.15) is 10.4 Å². The number of hydrogen-bond donors (Lipinski definition) is 0. The molecule has 1 heterocycles. The van der Waals surface area contributed by atoms with Crippen LogP contribution in [-0.2, 0) is 18.9 Å². The Labute approximate surface area is 122 Å². The zero-order valence-electron chi connectivity index (χ0n) is 11.8. The molecular formula is C14H18O7. The van der Waals surface area contributed by atoms with Gasteiger partial charge in [0.15, 0.2) is 11.5 Å². The Hall–Kier alpha value is -1.83. The topological polar surface area (TPSA) is 72.5 Å². The number of carbonyl (C=O) groups excluding carboxylic acids is 1. The molecule has 7 nitrogen and oxygen atoms in total. The van der Waals surface area contributed by atoms with Gasteiger partial charge in [-0.05, 0) is 18.2 Å². The zero-order chi connectivity index (χ0) is 14.9. The molecule has 0 unspecified atom stereocenters. The van der Waals surface area contributed by atoms with E-state index >= 15 is 0 Å². The Balaban J connectivity index is 2.10. The maximum absolute atomic E-state index is 11.5. The van der Waals surface area contributed by atoms with Gasteiger partial charge in [-0.15, -0.1) is 0 Å². The van der Waals surface area contributed by atoms with Gasteiger partial charge in [-0.1, -0.05) is 0 Å². The molecule has 2 rings (SSSR count). The van der Waals surface area contributed by atoms with Crippen LogP contribution in [0.4, 0.5) is 0 Å². The molecule has 0 atom stereocenters. The van der Waals surface area contributed by atoms with Crippen molar-refractivity contribution in [2.24, 2.45) is 0 Å². The van der Waals surface area contributed by atoms with Gasteiger partial charge in [0.2, 0.25) is 0 Å². The third kappa shape index (κ3) is 4.89. The second-order valence-electron chi connectivity index (χ2n) is 4.11. The molecule has 0 saturated heterocycles. The summed E-state index contributed by atoms with van der Waals surface area (Å²) in [5, 5.41) is 0. The minimum Gasteiger partial charge on any atom is -0.487 e. The van der Waals surface area contributed by atoms with Crippen LogP contribution >= 0.6 is 0 Å². The van der Waals surface area contributed by atoms with Crippen molar-refractivity contribution in [1.82, 2.24) is 0 Å². The molecule has 1 aliphatic heterocycles. The largest absolute Gasteiger partial charge is 0.487 e. The van der Waals surface area contributed by atoms with Crippen molar-refractivity contribution in [3.8, 4) is 11.5 Å². The summed E-state index contributed by atoms with van der Waals surface area (Å²) in [6.07, 6.45) is 0. The summed E-state index contributed by atoms with van der Waals surface area (Å²) in [7, 11) is 1.33. The molecule has 1 aromatic rings. The number of methoxy groups -OCH3 is 1. The smallest absolute Gasteiger partial charge is 0.337 e. The van der Waals surface area contributed by atoms with E-state index in [-0.39, 0.29) is 13.6 Å². The summed E-state index contributed by atoms with van der Waals surface area (Å²) < 4.78 is 31.3. The van der Waals surface area contributed by atoms with Crippen molar-refractivity contribution < 1.29 is 33.2 Å². The predicted octanol–water partition coefficient (Wildman–Crippen LogP) is 1.21.